The fraction of sp³-hybridized carbons (Fsp3) is 0.625. The minimum absolute atomic E-state index is 0.199. The molecule has 0 radical (unpaired) electrons. The number of hydrogen-bond acceptors (Lipinski definition) is 3. The summed E-state index contributed by atoms with van der Waals surface area (Å²) in [4.78, 5) is 2.64. The van der Waals surface area contributed by atoms with Crippen LogP contribution in [0.4, 0.5) is 0 Å². The first-order valence-electron chi connectivity index (χ1n) is 7.25. The zero-order valence-corrected chi connectivity index (χ0v) is 13.0. The summed E-state index contributed by atoms with van der Waals surface area (Å²) < 4.78 is 0. The van der Waals surface area contributed by atoms with Crippen LogP contribution < -0.4 is 5.32 Å². The molecule has 0 amide bonds. The topological polar surface area (TPSA) is 15.3 Å². The smallest absolute Gasteiger partial charge is 0.0176 e. The van der Waals surface area contributed by atoms with Gasteiger partial charge in [-0.3, -0.25) is 0 Å². The molecule has 1 fully saturated rings. The molecule has 2 nitrogen and oxygen atoms in total. The molecule has 0 spiro atoms. The van der Waals surface area contributed by atoms with E-state index in [-0.39, 0.29) is 5.41 Å². The SMILES string of the molecule is CNCC(C)(CN1CCCSCC1)c1ccccc1. The van der Waals surface area contributed by atoms with Gasteiger partial charge in [0.15, 0.2) is 0 Å². The van der Waals surface area contributed by atoms with Gasteiger partial charge in [0.2, 0.25) is 0 Å². The fourth-order valence-electron chi connectivity index (χ4n) is 2.93. The number of rotatable bonds is 5. The van der Waals surface area contributed by atoms with Crippen LogP contribution >= 0.6 is 11.8 Å². The molecule has 2 rings (SSSR count). The van der Waals surface area contributed by atoms with Gasteiger partial charge in [0.1, 0.15) is 0 Å². The molecule has 1 aliphatic heterocycles. The Balaban J connectivity index is 2.10. The van der Waals surface area contributed by atoms with Gasteiger partial charge >= 0.3 is 0 Å². The molecule has 1 atom stereocenters. The lowest BCUT2D eigenvalue weighted by Gasteiger charge is -2.35. The Morgan fingerprint density at radius 1 is 1.21 bits per heavy atom. The summed E-state index contributed by atoms with van der Waals surface area (Å²) in [5.74, 6) is 2.61. The quantitative estimate of drug-likeness (QED) is 0.891. The summed E-state index contributed by atoms with van der Waals surface area (Å²) in [6, 6.07) is 10.9. The molecule has 3 heteroatoms. The van der Waals surface area contributed by atoms with Crippen LogP contribution in [0.2, 0.25) is 0 Å². The van der Waals surface area contributed by atoms with Crippen molar-refractivity contribution in [2.45, 2.75) is 18.8 Å². The van der Waals surface area contributed by atoms with Crippen LogP contribution in [-0.2, 0) is 5.41 Å². The lowest BCUT2D eigenvalue weighted by atomic mass is 9.81. The lowest BCUT2D eigenvalue weighted by molar-refractivity contribution is 0.226. The number of thioether (sulfide) groups is 1. The van der Waals surface area contributed by atoms with Crippen LogP contribution in [0.15, 0.2) is 30.3 Å². The maximum Gasteiger partial charge on any atom is 0.0176 e. The van der Waals surface area contributed by atoms with E-state index in [9.17, 15) is 0 Å². The van der Waals surface area contributed by atoms with Crippen LogP contribution in [0, 0.1) is 0 Å². The van der Waals surface area contributed by atoms with Gasteiger partial charge in [-0.15, -0.1) is 0 Å². The summed E-state index contributed by atoms with van der Waals surface area (Å²) in [5.41, 5.74) is 1.65. The summed E-state index contributed by atoms with van der Waals surface area (Å²) in [7, 11) is 2.06. The maximum atomic E-state index is 3.38. The van der Waals surface area contributed by atoms with Gasteiger partial charge in [0.25, 0.3) is 0 Å². The molecule has 19 heavy (non-hydrogen) atoms. The van der Waals surface area contributed by atoms with E-state index in [0.717, 1.165) is 13.1 Å². The molecular weight excluding hydrogens is 252 g/mol. The summed E-state index contributed by atoms with van der Waals surface area (Å²) in [6.07, 6.45) is 1.33. The molecule has 1 aromatic rings. The fourth-order valence-corrected chi connectivity index (χ4v) is 3.85. The minimum atomic E-state index is 0.199. The monoisotopic (exact) mass is 278 g/mol. The third-order valence-corrected chi connectivity index (χ3v) is 4.97. The van der Waals surface area contributed by atoms with Gasteiger partial charge in [0.05, 0.1) is 0 Å². The predicted octanol–water partition coefficient (Wildman–Crippen LogP) is 2.60. The van der Waals surface area contributed by atoms with Gasteiger partial charge in [-0.05, 0) is 31.3 Å². The number of nitrogens with zero attached hydrogens (tertiary/aromatic N) is 1. The van der Waals surface area contributed by atoms with Crippen molar-refractivity contribution >= 4 is 11.8 Å². The third kappa shape index (κ3) is 4.23. The Hall–Kier alpha value is -0.510. The molecule has 106 valence electrons. The highest BCUT2D eigenvalue weighted by atomic mass is 32.2. The van der Waals surface area contributed by atoms with E-state index in [0.29, 0.717) is 0 Å². The molecule has 1 unspecified atom stereocenters. The Bertz CT molecular complexity index is 360. The van der Waals surface area contributed by atoms with Crippen LogP contribution in [0.3, 0.4) is 0 Å². The molecule has 1 aromatic carbocycles. The molecule has 1 saturated heterocycles. The Morgan fingerprint density at radius 3 is 2.74 bits per heavy atom. The zero-order valence-electron chi connectivity index (χ0n) is 12.2. The maximum absolute atomic E-state index is 3.38. The predicted molar refractivity (Wildman–Crippen MR) is 86.1 cm³/mol. The van der Waals surface area contributed by atoms with E-state index in [1.807, 2.05) is 0 Å². The van der Waals surface area contributed by atoms with E-state index in [1.54, 1.807) is 0 Å². The van der Waals surface area contributed by atoms with Gasteiger partial charge in [-0.25, -0.2) is 0 Å². The summed E-state index contributed by atoms with van der Waals surface area (Å²) in [5, 5.41) is 3.38. The van der Waals surface area contributed by atoms with Crippen molar-refractivity contribution in [1.82, 2.24) is 10.2 Å². The van der Waals surface area contributed by atoms with Crippen molar-refractivity contribution in [3.63, 3.8) is 0 Å². The highest BCUT2D eigenvalue weighted by Gasteiger charge is 2.28. The van der Waals surface area contributed by atoms with E-state index in [2.05, 4.69) is 66.3 Å². The van der Waals surface area contributed by atoms with Crippen molar-refractivity contribution in [1.29, 1.82) is 0 Å². The summed E-state index contributed by atoms with van der Waals surface area (Å²) in [6.45, 7) is 7.05. The standard InChI is InChI=1S/C16H26N2S/c1-16(13-17-2,15-7-4-3-5-8-15)14-18-9-6-11-19-12-10-18/h3-5,7-8,17H,6,9-14H2,1-2H3. The first-order valence-corrected chi connectivity index (χ1v) is 8.40. The molecule has 0 aromatic heterocycles. The van der Waals surface area contributed by atoms with E-state index in [1.165, 1.54) is 36.6 Å². The van der Waals surface area contributed by atoms with Crippen LogP contribution in [0.1, 0.15) is 18.9 Å². The second-order valence-electron chi connectivity index (χ2n) is 5.70. The number of likely N-dealkylation sites (N-methyl/N-ethyl adjacent to an activating group) is 1. The van der Waals surface area contributed by atoms with Crippen LogP contribution in [-0.4, -0.2) is 49.6 Å². The second kappa shape index (κ2) is 7.32. The van der Waals surface area contributed by atoms with Gasteiger partial charge in [0, 0.05) is 30.8 Å². The average molecular weight is 278 g/mol. The molecule has 1 aliphatic rings. The normalized spacial score (nSPS) is 20.7. The highest BCUT2D eigenvalue weighted by molar-refractivity contribution is 7.99. The Labute approximate surface area is 122 Å². The van der Waals surface area contributed by atoms with E-state index in [4.69, 9.17) is 0 Å². The number of benzene rings is 1. The lowest BCUT2D eigenvalue weighted by Crippen LogP contribution is -2.45. The van der Waals surface area contributed by atoms with Crippen molar-refractivity contribution in [3.05, 3.63) is 35.9 Å². The summed E-state index contributed by atoms with van der Waals surface area (Å²) >= 11 is 2.10. The number of nitrogens with one attached hydrogen (secondary N) is 1. The average Bonchev–Trinajstić information content (AvgIpc) is 2.68. The molecule has 1 heterocycles. The highest BCUT2D eigenvalue weighted by Crippen LogP contribution is 2.25. The first kappa shape index (κ1) is 14.9. The Morgan fingerprint density at radius 2 is 2.00 bits per heavy atom. The van der Waals surface area contributed by atoms with Gasteiger partial charge < -0.3 is 10.2 Å². The number of hydrogen-bond donors (Lipinski definition) is 1. The molecule has 0 saturated carbocycles. The Kier molecular flexibility index (Phi) is 5.74. The minimum Gasteiger partial charge on any atom is -0.319 e. The molecular formula is C16H26N2S. The van der Waals surface area contributed by atoms with Crippen molar-refractivity contribution in [3.8, 4) is 0 Å². The van der Waals surface area contributed by atoms with Gasteiger partial charge in [-0.2, -0.15) is 11.8 Å². The van der Waals surface area contributed by atoms with Crippen molar-refractivity contribution in [2.75, 3.05) is 44.7 Å². The van der Waals surface area contributed by atoms with Crippen LogP contribution in [0.5, 0.6) is 0 Å². The largest absolute Gasteiger partial charge is 0.319 e. The van der Waals surface area contributed by atoms with Crippen molar-refractivity contribution in [2.24, 2.45) is 0 Å². The van der Waals surface area contributed by atoms with Crippen LogP contribution in [0.25, 0.3) is 0 Å². The van der Waals surface area contributed by atoms with Crippen molar-refractivity contribution < 1.29 is 0 Å². The van der Waals surface area contributed by atoms with Gasteiger partial charge in [-0.1, -0.05) is 37.3 Å². The second-order valence-corrected chi connectivity index (χ2v) is 6.92. The molecule has 0 aliphatic carbocycles. The van der Waals surface area contributed by atoms with E-state index >= 15 is 0 Å². The van der Waals surface area contributed by atoms with E-state index < -0.39 is 0 Å². The molecule has 1 N–H and O–H groups in total. The molecule has 0 bridgehead atoms. The third-order valence-electron chi connectivity index (χ3n) is 3.93. The zero-order chi connectivity index (χ0) is 13.6. The first-order chi connectivity index (χ1) is 9.24.